The van der Waals surface area contributed by atoms with Crippen molar-refractivity contribution < 1.29 is 9.59 Å². The number of anilines is 1. The van der Waals surface area contributed by atoms with Gasteiger partial charge in [0.1, 0.15) is 0 Å². The molecule has 30 heavy (non-hydrogen) atoms. The van der Waals surface area contributed by atoms with Gasteiger partial charge in [-0.3, -0.25) is 19.4 Å². The minimum atomic E-state index is -0.170. The van der Waals surface area contributed by atoms with Crippen LogP contribution in [0, 0.1) is 13.8 Å². The number of carbonyl (C=O) groups excluding carboxylic acids is 2. The van der Waals surface area contributed by atoms with Gasteiger partial charge in [-0.05, 0) is 30.5 Å². The monoisotopic (exact) mass is 408 g/mol. The number of piperazine rings is 1. The molecule has 0 saturated carbocycles. The molecular weight excluding hydrogens is 376 g/mol. The molecule has 6 nitrogen and oxygen atoms in total. The lowest BCUT2D eigenvalue weighted by Crippen LogP contribution is -2.49. The molecule has 0 aromatic heterocycles. The van der Waals surface area contributed by atoms with Crippen molar-refractivity contribution in [3.63, 3.8) is 0 Å². The summed E-state index contributed by atoms with van der Waals surface area (Å²) in [5.74, 6) is -0.195. The van der Waals surface area contributed by atoms with Gasteiger partial charge in [0.15, 0.2) is 0 Å². The first kappa shape index (κ1) is 22.0. The van der Waals surface area contributed by atoms with E-state index in [-0.39, 0.29) is 18.4 Å². The summed E-state index contributed by atoms with van der Waals surface area (Å²) in [6.45, 7) is 8.90. The first-order valence-corrected chi connectivity index (χ1v) is 10.5. The van der Waals surface area contributed by atoms with E-state index in [1.165, 1.54) is 10.5 Å². The van der Waals surface area contributed by atoms with Crippen LogP contribution in [0.5, 0.6) is 0 Å². The zero-order valence-electron chi connectivity index (χ0n) is 18.2. The van der Waals surface area contributed by atoms with E-state index in [1.807, 2.05) is 38.1 Å². The van der Waals surface area contributed by atoms with Gasteiger partial charge >= 0.3 is 0 Å². The van der Waals surface area contributed by atoms with Crippen molar-refractivity contribution in [2.75, 3.05) is 51.6 Å². The Balaban J connectivity index is 1.42. The highest BCUT2D eigenvalue weighted by molar-refractivity contribution is 5.95. The van der Waals surface area contributed by atoms with Gasteiger partial charge in [-0.15, -0.1) is 0 Å². The zero-order chi connectivity index (χ0) is 21.5. The fourth-order valence-corrected chi connectivity index (χ4v) is 3.75. The van der Waals surface area contributed by atoms with Crippen LogP contribution < -0.4 is 5.32 Å². The van der Waals surface area contributed by atoms with E-state index in [2.05, 4.69) is 39.4 Å². The van der Waals surface area contributed by atoms with Gasteiger partial charge in [-0.25, -0.2) is 0 Å². The number of aryl methyl sites for hydroxylation is 2. The van der Waals surface area contributed by atoms with Gasteiger partial charge in [0.05, 0.1) is 13.1 Å². The number of rotatable bonds is 7. The van der Waals surface area contributed by atoms with Gasteiger partial charge in [0.2, 0.25) is 11.8 Å². The normalized spacial score (nSPS) is 15.0. The molecule has 1 aliphatic rings. The molecule has 1 saturated heterocycles. The van der Waals surface area contributed by atoms with Crippen LogP contribution in [0.1, 0.15) is 16.7 Å². The number of nitrogens with zero attached hydrogens (tertiary/aromatic N) is 3. The predicted molar refractivity (Wildman–Crippen MR) is 120 cm³/mol. The van der Waals surface area contributed by atoms with Crippen molar-refractivity contribution in [3.8, 4) is 0 Å². The van der Waals surface area contributed by atoms with Crippen molar-refractivity contribution >= 4 is 17.5 Å². The number of amides is 2. The third kappa shape index (κ3) is 6.15. The summed E-state index contributed by atoms with van der Waals surface area (Å²) < 4.78 is 0. The molecular formula is C24H32N4O2. The highest BCUT2D eigenvalue weighted by Gasteiger charge is 2.21. The number of para-hydroxylation sites is 1. The zero-order valence-corrected chi connectivity index (χ0v) is 18.2. The fraction of sp³-hybridized carbons (Fsp3) is 0.417. The number of hydrogen-bond acceptors (Lipinski definition) is 4. The lowest BCUT2D eigenvalue weighted by molar-refractivity contribution is -0.134. The Kier molecular flexibility index (Phi) is 7.60. The van der Waals surface area contributed by atoms with E-state index in [0.29, 0.717) is 6.54 Å². The van der Waals surface area contributed by atoms with E-state index in [9.17, 15) is 9.59 Å². The Bertz CT molecular complexity index is 841. The van der Waals surface area contributed by atoms with E-state index in [1.54, 1.807) is 7.05 Å². The highest BCUT2D eigenvalue weighted by Crippen LogP contribution is 2.19. The molecule has 2 amide bonds. The second kappa shape index (κ2) is 10.4. The van der Waals surface area contributed by atoms with Crippen LogP contribution in [0.15, 0.2) is 48.5 Å². The number of hydrogen-bond donors (Lipinski definition) is 1. The first-order chi connectivity index (χ1) is 14.4. The predicted octanol–water partition coefficient (Wildman–Crippen LogP) is 2.52. The first-order valence-electron chi connectivity index (χ1n) is 10.5. The molecule has 0 aliphatic carbocycles. The molecule has 1 heterocycles. The molecule has 1 aliphatic heterocycles. The van der Waals surface area contributed by atoms with Crippen molar-refractivity contribution in [3.05, 3.63) is 65.2 Å². The Morgan fingerprint density at radius 1 is 0.900 bits per heavy atom. The Labute approximate surface area is 179 Å². The van der Waals surface area contributed by atoms with Crippen molar-refractivity contribution in [2.24, 2.45) is 0 Å². The smallest absolute Gasteiger partial charge is 0.243 e. The molecule has 2 aromatic rings. The fourth-order valence-electron chi connectivity index (χ4n) is 3.75. The van der Waals surface area contributed by atoms with E-state index in [0.717, 1.165) is 49.5 Å². The quantitative estimate of drug-likeness (QED) is 0.765. The molecule has 6 heteroatoms. The Morgan fingerprint density at radius 2 is 1.50 bits per heavy atom. The molecule has 1 N–H and O–H groups in total. The second-order valence-corrected chi connectivity index (χ2v) is 8.10. The van der Waals surface area contributed by atoms with Crippen LogP contribution in [-0.2, 0) is 16.1 Å². The number of nitrogens with one attached hydrogen (secondary N) is 1. The summed E-state index contributed by atoms with van der Waals surface area (Å²) in [6.07, 6.45) is 0. The molecule has 0 bridgehead atoms. The maximum atomic E-state index is 12.6. The van der Waals surface area contributed by atoms with Gasteiger partial charge in [0, 0.05) is 45.5 Å². The largest absolute Gasteiger partial charge is 0.335 e. The minimum absolute atomic E-state index is 0.0248. The molecule has 1 fully saturated rings. The second-order valence-electron chi connectivity index (χ2n) is 8.10. The van der Waals surface area contributed by atoms with Gasteiger partial charge in [-0.2, -0.15) is 0 Å². The van der Waals surface area contributed by atoms with Gasteiger partial charge in [0.25, 0.3) is 0 Å². The number of likely N-dealkylation sites (N-methyl/N-ethyl adjacent to an activating group) is 1. The van der Waals surface area contributed by atoms with Crippen LogP contribution in [0.4, 0.5) is 5.69 Å². The molecule has 3 rings (SSSR count). The summed E-state index contributed by atoms with van der Waals surface area (Å²) in [7, 11) is 1.69. The van der Waals surface area contributed by atoms with E-state index >= 15 is 0 Å². The summed E-state index contributed by atoms with van der Waals surface area (Å²) >= 11 is 0. The third-order valence-corrected chi connectivity index (χ3v) is 5.62. The maximum Gasteiger partial charge on any atom is 0.243 e. The average molecular weight is 409 g/mol. The number of benzene rings is 2. The molecule has 2 aromatic carbocycles. The molecule has 0 atom stereocenters. The van der Waals surface area contributed by atoms with Crippen molar-refractivity contribution in [1.29, 1.82) is 0 Å². The molecule has 0 spiro atoms. The average Bonchev–Trinajstić information content (AvgIpc) is 2.73. The van der Waals surface area contributed by atoms with Gasteiger partial charge in [-0.1, -0.05) is 48.5 Å². The van der Waals surface area contributed by atoms with Crippen LogP contribution in [0.2, 0.25) is 0 Å². The van der Waals surface area contributed by atoms with Crippen molar-refractivity contribution in [2.45, 2.75) is 20.4 Å². The standard InChI is InChI=1S/C24H32N4O2/c1-19-8-7-9-20(2)24(19)25-22(29)17-26(3)23(30)18-28-14-12-27(13-15-28)16-21-10-5-4-6-11-21/h4-11H,12-18H2,1-3H3,(H,25,29). The Morgan fingerprint density at radius 3 is 2.13 bits per heavy atom. The Hall–Kier alpha value is -2.70. The lowest BCUT2D eigenvalue weighted by Gasteiger charge is -2.35. The summed E-state index contributed by atoms with van der Waals surface area (Å²) in [5.41, 5.74) is 4.19. The molecule has 0 unspecified atom stereocenters. The van der Waals surface area contributed by atoms with E-state index in [4.69, 9.17) is 0 Å². The number of carbonyl (C=O) groups is 2. The topological polar surface area (TPSA) is 55.9 Å². The summed E-state index contributed by atoms with van der Waals surface area (Å²) in [6, 6.07) is 16.4. The minimum Gasteiger partial charge on any atom is -0.335 e. The van der Waals surface area contributed by atoms with Crippen LogP contribution in [0.25, 0.3) is 0 Å². The van der Waals surface area contributed by atoms with Crippen LogP contribution in [-0.4, -0.2) is 72.8 Å². The third-order valence-electron chi connectivity index (χ3n) is 5.62. The highest BCUT2D eigenvalue weighted by atomic mass is 16.2. The SMILES string of the molecule is Cc1cccc(C)c1NC(=O)CN(C)C(=O)CN1CCN(Cc2ccccc2)CC1. The summed E-state index contributed by atoms with van der Waals surface area (Å²) in [4.78, 5) is 31.1. The molecule has 160 valence electrons. The van der Waals surface area contributed by atoms with Crippen LogP contribution in [0.3, 0.4) is 0 Å². The maximum absolute atomic E-state index is 12.6. The van der Waals surface area contributed by atoms with E-state index < -0.39 is 0 Å². The van der Waals surface area contributed by atoms with Crippen molar-refractivity contribution in [1.82, 2.24) is 14.7 Å². The molecule has 0 radical (unpaired) electrons. The van der Waals surface area contributed by atoms with Gasteiger partial charge < -0.3 is 10.2 Å². The summed E-state index contributed by atoms with van der Waals surface area (Å²) in [5, 5.41) is 2.94. The lowest BCUT2D eigenvalue weighted by atomic mass is 10.1. The van der Waals surface area contributed by atoms with Crippen LogP contribution >= 0.6 is 0 Å².